The second-order valence-corrected chi connectivity index (χ2v) is 4.82. The average molecular weight is 272 g/mol. The summed E-state index contributed by atoms with van der Waals surface area (Å²) >= 11 is 0. The summed E-state index contributed by atoms with van der Waals surface area (Å²) in [6, 6.07) is -0.0383. The smallest absolute Gasteiger partial charge is 0.274 e. The third-order valence-electron chi connectivity index (χ3n) is 2.99. The van der Waals surface area contributed by atoms with E-state index in [4.69, 9.17) is 9.78 Å². The van der Waals surface area contributed by atoms with Crippen molar-refractivity contribution < 1.29 is 24.6 Å². The average Bonchev–Trinajstić information content (AvgIpc) is 2.73. The van der Waals surface area contributed by atoms with Crippen LogP contribution < -0.4 is 5.32 Å². The van der Waals surface area contributed by atoms with Gasteiger partial charge in [-0.15, -0.1) is 0 Å². The van der Waals surface area contributed by atoms with Crippen molar-refractivity contribution in [2.45, 2.75) is 46.4 Å². The third kappa shape index (κ3) is 3.76. The molecule has 3 N–H and O–H groups in total. The molecule has 0 aliphatic carbocycles. The first-order valence-corrected chi connectivity index (χ1v) is 6.12. The second-order valence-electron chi connectivity index (χ2n) is 4.82. The maximum absolute atomic E-state index is 12.1. The lowest BCUT2D eigenvalue weighted by Crippen LogP contribution is -2.36. The van der Waals surface area contributed by atoms with Gasteiger partial charge in [-0.2, -0.15) is 0 Å². The molecule has 0 radical (unpaired) electrons. The second kappa shape index (κ2) is 6.65. The fourth-order valence-electron chi connectivity index (χ4n) is 1.53. The van der Waals surface area contributed by atoms with Gasteiger partial charge in [-0.05, 0) is 19.8 Å². The van der Waals surface area contributed by atoms with E-state index < -0.39 is 12.0 Å². The van der Waals surface area contributed by atoms with Gasteiger partial charge in [0.1, 0.15) is 6.61 Å². The molecule has 0 aliphatic rings. The van der Waals surface area contributed by atoms with Crippen molar-refractivity contribution in [2.24, 2.45) is 5.92 Å². The Balaban J connectivity index is 2.96. The van der Waals surface area contributed by atoms with E-state index in [1.807, 2.05) is 20.8 Å². The zero-order valence-corrected chi connectivity index (χ0v) is 11.5. The standard InChI is InChI=1S/C12H20N2O5/c1-6(2)7(3)13-12(16)11-10(8(4)15)9(5-18-17)19-14-11/h6-8,15,17H,5H2,1-4H3,(H,13,16). The van der Waals surface area contributed by atoms with Crippen LogP contribution in [0.2, 0.25) is 0 Å². The first-order chi connectivity index (χ1) is 8.88. The molecular formula is C12H20N2O5. The Morgan fingerprint density at radius 3 is 2.53 bits per heavy atom. The highest BCUT2D eigenvalue weighted by Crippen LogP contribution is 2.23. The number of nitrogens with zero attached hydrogens (tertiary/aromatic N) is 1. The molecule has 2 unspecified atom stereocenters. The van der Waals surface area contributed by atoms with E-state index in [9.17, 15) is 9.90 Å². The molecule has 108 valence electrons. The van der Waals surface area contributed by atoms with Gasteiger partial charge in [0, 0.05) is 6.04 Å². The van der Waals surface area contributed by atoms with Crippen LogP contribution in [0.25, 0.3) is 0 Å². The molecule has 1 amide bonds. The van der Waals surface area contributed by atoms with E-state index in [0.717, 1.165) is 0 Å². The molecule has 0 bridgehead atoms. The summed E-state index contributed by atoms with van der Waals surface area (Å²) in [4.78, 5) is 16.0. The summed E-state index contributed by atoms with van der Waals surface area (Å²) in [6.45, 7) is 7.04. The van der Waals surface area contributed by atoms with Gasteiger partial charge in [-0.3, -0.25) is 10.1 Å². The molecule has 1 rings (SSSR count). The van der Waals surface area contributed by atoms with E-state index in [1.165, 1.54) is 6.92 Å². The first kappa shape index (κ1) is 15.6. The van der Waals surface area contributed by atoms with Gasteiger partial charge < -0.3 is 14.9 Å². The Morgan fingerprint density at radius 2 is 2.05 bits per heavy atom. The van der Waals surface area contributed by atoms with Crippen molar-refractivity contribution in [1.82, 2.24) is 10.5 Å². The van der Waals surface area contributed by atoms with Crippen LogP contribution in [0.15, 0.2) is 4.52 Å². The van der Waals surface area contributed by atoms with Gasteiger partial charge >= 0.3 is 0 Å². The largest absolute Gasteiger partial charge is 0.388 e. The lowest BCUT2D eigenvalue weighted by molar-refractivity contribution is -0.256. The minimum Gasteiger partial charge on any atom is -0.388 e. The normalized spacial score (nSPS) is 14.5. The quantitative estimate of drug-likeness (QED) is 0.535. The van der Waals surface area contributed by atoms with Crippen LogP contribution in [0.5, 0.6) is 0 Å². The summed E-state index contributed by atoms with van der Waals surface area (Å²) in [5.41, 5.74) is 0.233. The van der Waals surface area contributed by atoms with Crippen molar-refractivity contribution in [1.29, 1.82) is 0 Å². The van der Waals surface area contributed by atoms with Crippen LogP contribution in [0, 0.1) is 5.92 Å². The molecule has 0 aliphatic heterocycles. The minimum atomic E-state index is -0.952. The molecule has 1 aromatic rings. The predicted octanol–water partition coefficient (Wildman–Crippen LogP) is 1.49. The number of hydrogen-bond acceptors (Lipinski definition) is 6. The Labute approximate surface area is 111 Å². The third-order valence-corrected chi connectivity index (χ3v) is 2.99. The fraction of sp³-hybridized carbons (Fsp3) is 0.667. The number of aromatic nitrogens is 1. The molecule has 19 heavy (non-hydrogen) atoms. The minimum absolute atomic E-state index is 0.00884. The van der Waals surface area contributed by atoms with Crippen LogP contribution in [-0.4, -0.2) is 27.5 Å². The number of aliphatic hydroxyl groups excluding tert-OH is 1. The molecule has 1 heterocycles. The molecule has 0 saturated carbocycles. The summed E-state index contributed by atoms with van der Waals surface area (Å²) in [7, 11) is 0. The van der Waals surface area contributed by atoms with Crippen LogP contribution in [-0.2, 0) is 11.5 Å². The predicted molar refractivity (Wildman–Crippen MR) is 66.3 cm³/mol. The van der Waals surface area contributed by atoms with Gasteiger partial charge in [0.05, 0.1) is 11.7 Å². The molecule has 2 atom stereocenters. The number of carbonyl (C=O) groups excluding carboxylic acids is 1. The van der Waals surface area contributed by atoms with Gasteiger partial charge in [0.15, 0.2) is 11.5 Å². The van der Waals surface area contributed by atoms with E-state index in [2.05, 4.69) is 15.4 Å². The monoisotopic (exact) mass is 272 g/mol. The highest BCUT2D eigenvalue weighted by Gasteiger charge is 2.26. The maximum Gasteiger partial charge on any atom is 0.274 e. The first-order valence-electron chi connectivity index (χ1n) is 6.12. The zero-order chi connectivity index (χ0) is 14.6. The highest BCUT2D eigenvalue weighted by atomic mass is 17.1. The van der Waals surface area contributed by atoms with Crippen molar-refractivity contribution in [3.8, 4) is 0 Å². The summed E-state index contributed by atoms with van der Waals surface area (Å²) in [5.74, 6) is -0.0315. The number of hydrogen-bond donors (Lipinski definition) is 3. The van der Waals surface area contributed by atoms with E-state index in [-0.39, 0.29) is 35.6 Å². The van der Waals surface area contributed by atoms with Crippen LogP contribution >= 0.6 is 0 Å². The molecule has 0 saturated heterocycles. The summed E-state index contributed by atoms with van der Waals surface area (Å²) < 4.78 is 4.90. The Hall–Kier alpha value is -1.44. The maximum atomic E-state index is 12.1. The Kier molecular flexibility index (Phi) is 5.46. The molecule has 1 aromatic heterocycles. The number of aliphatic hydroxyl groups is 1. The Bertz CT molecular complexity index is 428. The lowest BCUT2D eigenvalue weighted by atomic mass is 10.0. The highest BCUT2D eigenvalue weighted by molar-refractivity contribution is 5.94. The van der Waals surface area contributed by atoms with Crippen LogP contribution in [0.1, 0.15) is 55.6 Å². The number of carbonyl (C=O) groups is 1. The summed E-state index contributed by atoms with van der Waals surface area (Å²) in [6.07, 6.45) is -0.952. The number of rotatable bonds is 6. The van der Waals surface area contributed by atoms with E-state index >= 15 is 0 Å². The molecule has 0 spiro atoms. The van der Waals surface area contributed by atoms with Crippen molar-refractivity contribution in [3.63, 3.8) is 0 Å². The van der Waals surface area contributed by atoms with E-state index in [1.54, 1.807) is 0 Å². The summed E-state index contributed by atoms with van der Waals surface area (Å²) in [5, 5.41) is 24.5. The SMILES string of the molecule is CC(O)c1c(C(=O)NC(C)C(C)C)noc1COO. The molecule has 0 aromatic carbocycles. The lowest BCUT2D eigenvalue weighted by Gasteiger charge is -2.17. The molecular weight excluding hydrogens is 252 g/mol. The van der Waals surface area contributed by atoms with Crippen molar-refractivity contribution in [3.05, 3.63) is 17.0 Å². The Morgan fingerprint density at radius 1 is 1.42 bits per heavy atom. The molecule has 7 nitrogen and oxygen atoms in total. The number of nitrogens with one attached hydrogen (secondary N) is 1. The van der Waals surface area contributed by atoms with Gasteiger partial charge in [-0.25, -0.2) is 4.89 Å². The van der Waals surface area contributed by atoms with Crippen LogP contribution in [0.3, 0.4) is 0 Å². The van der Waals surface area contributed by atoms with Crippen molar-refractivity contribution >= 4 is 5.91 Å². The van der Waals surface area contributed by atoms with Crippen molar-refractivity contribution in [2.75, 3.05) is 0 Å². The number of amides is 1. The molecule has 7 heteroatoms. The van der Waals surface area contributed by atoms with Gasteiger partial charge in [0.2, 0.25) is 0 Å². The van der Waals surface area contributed by atoms with E-state index in [0.29, 0.717) is 0 Å². The molecule has 0 fully saturated rings. The zero-order valence-electron chi connectivity index (χ0n) is 11.5. The fourth-order valence-corrected chi connectivity index (χ4v) is 1.53. The van der Waals surface area contributed by atoms with Crippen LogP contribution in [0.4, 0.5) is 0 Å². The van der Waals surface area contributed by atoms with Gasteiger partial charge in [0.25, 0.3) is 5.91 Å². The van der Waals surface area contributed by atoms with Gasteiger partial charge in [-0.1, -0.05) is 19.0 Å². The topological polar surface area (TPSA) is 105 Å².